The number of halogens is 1. The van der Waals surface area contributed by atoms with Crippen molar-refractivity contribution in [3.05, 3.63) is 29.6 Å². The Balaban J connectivity index is 2.06. The number of carbonyl (C=O) groups excluding carboxylic acids is 2. The van der Waals surface area contributed by atoms with Gasteiger partial charge in [-0.25, -0.2) is 17.6 Å². The standard InChI is InChI=1S/C17H22FNO6S/c1-4-19(12-7-8-26(22,23)10-12)16(20)11(2)25-17(21)14-6-5-13(24-3)9-15(14)18/h5-6,9,11-12H,4,7-8,10H2,1-3H3/t11-,12+/m0/s1. The number of ether oxygens (including phenoxy) is 2. The molecule has 0 bridgehead atoms. The summed E-state index contributed by atoms with van der Waals surface area (Å²) in [6.45, 7) is 3.39. The molecule has 0 saturated carbocycles. The van der Waals surface area contributed by atoms with Crippen molar-refractivity contribution in [3.8, 4) is 5.75 Å². The number of hydrogen-bond acceptors (Lipinski definition) is 6. The van der Waals surface area contributed by atoms with Crippen molar-refractivity contribution < 1.29 is 31.9 Å². The molecule has 0 aromatic heterocycles. The highest BCUT2D eigenvalue weighted by atomic mass is 32.2. The fourth-order valence-corrected chi connectivity index (χ4v) is 4.64. The Kier molecular flexibility index (Phi) is 6.22. The van der Waals surface area contributed by atoms with Crippen molar-refractivity contribution in [2.75, 3.05) is 25.2 Å². The number of nitrogens with zero attached hydrogens (tertiary/aromatic N) is 1. The lowest BCUT2D eigenvalue weighted by Crippen LogP contribution is -2.46. The van der Waals surface area contributed by atoms with E-state index in [-0.39, 0.29) is 29.4 Å². The SMILES string of the molecule is CCN(C(=O)[C@H](C)OC(=O)c1ccc(OC)cc1F)[C@@H]1CCS(=O)(=O)C1. The van der Waals surface area contributed by atoms with Crippen molar-refractivity contribution in [3.63, 3.8) is 0 Å². The van der Waals surface area contributed by atoms with Gasteiger partial charge in [-0.2, -0.15) is 0 Å². The van der Waals surface area contributed by atoms with Gasteiger partial charge in [0, 0.05) is 18.7 Å². The van der Waals surface area contributed by atoms with E-state index >= 15 is 0 Å². The molecule has 0 radical (unpaired) electrons. The summed E-state index contributed by atoms with van der Waals surface area (Å²) < 4.78 is 47.2. The predicted octanol–water partition coefficient (Wildman–Crippen LogP) is 1.42. The average molecular weight is 387 g/mol. The Hall–Kier alpha value is -2.16. The number of benzene rings is 1. The van der Waals surface area contributed by atoms with Gasteiger partial charge in [-0.15, -0.1) is 0 Å². The van der Waals surface area contributed by atoms with Gasteiger partial charge in [0.15, 0.2) is 15.9 Å². The van der Waals surface area contributed by atoms with Gasteiger partial charge in [0.05, 0.1) is 24.2 Å². The Morgan fingerprint density at radius 2 is 2.08 bits per heavy atom. The van der Waals surface area contributed by atoms with E-state index in [4.69, 9.17) is 9.47 Å². The second kappa shape index (κ2) is 8.03. The monoisotopic (exact) mass is 387 g/mol. The number of sulfone groups is 1. The molecule has 0 N–H and O–H groups in total. The van der Waals surface area contributed by atoms with Crippen LogP contribution in [0.4, 0.5) is 4.39 Å². The van der Waals surface area contributed by atoms with Crippen molar-refractivity contribution in [1.82, 2.24) is 4.90 Å². The molecular formula is C17H22FNO6S. The summed E-state index contributed by atoms with van der Waals surface area (Å²) in [5.74, 6) is -2.10. The van der Waals surface area contributed by atoms with Gasteiger partial charge in [-0.3, -0.25) is 4.79 Å². The third-order valence-electron chi connectivity index (χ3n) is 4.30. The molecule has 1 aromatic rings. The summed E-state index contributed by atoms with van der Waals surface area (Å²) in [4.78, 5) is 26.1. The minimum Gasteiger partial charge on any atom is -0.497 e. The Labute approximate surface area is 152 Å². The molecule has 26 heavy (non-hydrogen) atoms. The normalized spacial score (nSPS) is 19.6. The molecule has 2 atom stereocenters. The van der Waals surface area contributed by atoms with Crippen LogP contribution >= 0.6 is 0 Å². The predicted molar refractivity (Wildman–Crippen MR) is 92.3 cm³/mol. The lowest BCUT2D eigenvalue weighted by Gasteiger charge is -2.29. The second-order valence-corrected chi connectivity index (χ2v) is 8.30. The molecular weight excluding hydrogens is 365 g/mol. The minimum atomic E-state index is -3.15. The van der Waals surface area contributed by atoms with E-state index in [2.05, 4.69) is 0 Å². The molecule has 1 saturated heterocycles. The first-order valence-electron chi connectivity index (χ1n) is 8.24. The molecule has 1 aliphatic heterocycles. The summed E-state index contributed by atoms with van der Waals surface area (Å²) in [7, 11) is -1.78. The fourth-order valence-electron chi connectivity index (χ4n) is 2.91. The van der Waals surface area contributed by atoms with Crippen LogP contribution in [0, 0.1) is 5.82 Å². The number of amides is 1. The molecule has 1 aromatic carbocycles. The van der Waals surface area contributed by atoms with Crippen LogP contribution in [-0.4, -0.2) is 62.5 Å². The Bertz CT molecular complexity index is 794. The first kappa shape index (κ1) is 20.2. The summed E-state index contributed by atoms with van der Waals surface area (Å²) in [6.07, 6.45) is -0.803. The topological polar surface area (TPSA) is 90.0 Å². The van der Waals surface area contributed by atoms with Gasteiger partial charge in [0.1, 0.15) is 11.6 Å². The van der Waals surface area contributed by atoms with E-state index in [1.807, 2.05) is 0 Å². The van der Waals surface area contributed by atoms with E-state index in [0.29, 0.717) is 6.42 Å². The van der Waals surface area contributed by atoms with Gasteiger partial charge in [-0.1, -0.05) is 0 Å². The molecule has 0 unspecified atom stereocenters. The van der Waals surface area contributed by atoms with E-state index in [0.717, 1.165) is 6.07 Å². The molecule has 144 valence electrons. The minimum absolute atomic E-state index is 0.0344. The average Bonchev–Trinajstić information content (AvgIpc) is 2.94. The number of esters is 1. The van der Waals surface area contributed by atoms with E-state index in [1.54, 1.807) is 6.92 Å². The zero-order valence-electron chi connectivity index (χ0n) is 14.9. The lowest BCUT2D eigenvalue weighted by atomic mass is 10.2. The molecule has 0 aliphatic carbocycles. The van der Waals surface area contributed by atoms with Crippen molar-refractivity contribution >= 4 is 21.7 Å². The van der Waals surface area contributed by atoms with Crippen LogP contribution < -0.4 is 4.74 Å². The van der Waals surface area contributed by atoms with Gasteiger partial charge in [0.25, 0.3) is 5.91 Å². The maximum atomic E-state index is 14.0. The molecule has 1 aliphatic rings. The summed E-state index contributed by atoms with van der Waals surface area (Å²) >= 11 is 0. The highest BCUT2D eigenvalue weighted by Gasteiger charge is 2.36. The van der Waals surface area contributed by atoms with E-state index < -0.39 is 39.7 Å². The van der Waals surface area contributed by atoms with Gasteiger partial charge >= 0.3 is 5.97 Å². The zero-order valence-corrected chi connectivity index (χ0v) is 15.7. The summed E-state index contributed by atoms with van der Waals surface area (Å²) in [5.41, 5.74) is -0.308. The highest BCUT2D eigenvalue weighted by Crippen LogP contribution is 2.20. The first-order valence-corrected chi connectivity index (χ1v) is 10.1. The van der Waals surface area contributed by atoms with Crippen LogP contribution in [0.2, 0.25) is 0 Å². The van der Waals surface area contributed by atoms with Crippen LogP contribution in [0.1, 0.15) is 30.6 Å². The number of rotatable bonds is 6. The smallest absolute Gasteiger partial charge is 0.341 e. The van der Waals surface area contributed by atoms with Crippen molar-refractivity contribution in [1.29, 1.82) is 0 Å². The third-order valence-corrected chi connectivity index (χ3v) is 6.05. The largest absolute Gasteiger partial charge is 0.497 e. The van der Waals surface area contributed by atoms with E-state index in [9.17, 15) is 22.4 Å². The van der Waals surface area contributed by atoms with E-state index in [1.165, 1.54) is 31.1 Å². The van der Waals surface area contributed by atoms with Crippen LogP contribution in [0.5, 0.6) is 5.75 Å². The quantitative estimate of drug-likeness (QED) is 0.686. The maximum Gasteiger partial charge on any atom is 0.341 e. The Morgan fingerprint density at radius 3 is 2.58 bits per heavy atom. The second-order valence-electron chi connectivity index (χ2n) is 6.07. The van der Waals surface area contributed by atoms with Gasteiger partial charge < -0.3 is 14.4 Å². The molecule has 1 fully saturated rings. The lowest BCUT2D eigenvalue weighted by molar-refractivity contribution is -0.141. The van der Waals surface area contributed by atoms with Crippen LogP contribution in [0.25, 0.3) is 0 Å². The van der Waals surface area contributed by atoms with Crippen molar-refractivity contribution in [2.24, 2.45) is 0 Å². The first-order chi connectivity index (χ1) is 12.2. The number of carbonyl (C=O) groups is 2. The number of hydrogen-bond donors (Lipinski definition) is 0. The Morgan fingerprint density at radius 1 is 1.38 bits per heavy atom. The summed E-state index contributed by atoms with van der Waals surface area (Å²) in [6, 6.07) is 3.24. The molecule has 1 amide bonds. The highest BCUT2D eigenvalue weighted by molar-refractivity contribution is 7.91. The molecule has 1 heterocycles. The maximum absolute atomic E-state index is 14.0. The number of methoxy groups -OCH3 is 1. The molecule has 9 heteroatoms. The third kappa shape index (κ3) is 4.51. The van der Waals surface area contributed by atoms with Crippen LogP contribution in [-0.2, 0) is 19.4 Å². The van der Waals surface area contributed by atoms with Crippen LogP contribution in [0.3, 0.4) is 0 Å². The number of likely N-dealkylation sites (N-methyl/N-ethyl adjacent to an activating group) is 1. The summed E-state index contributed by atoms with van der Waals surface area (Å²) in [5, 5.41) is 0. The zero-order chi connectivity index (χ0) is 19.5. The molecule has 2 rings (SSSR count). The van der Waals surface area contributed by atoms with Crippen LogP contribution in [0.15, 0.2) is 18.2 Å². The van der Waals surface area contributed by atoms with Gasteiger partial charge in [0.2, 0.25) is 0 Å². The molecule has 7 nitrogen and oxygen atoms in total. The van der Waals surface area contributed by atoms with Gasteiger partial charge in [-0.05, 0) is 32.4 Å². The molecule has 0 spiro atoms. The fraction of sp³-hybridized carbons (Fsp3) is 0.529. The van der Waals surface area contributed by atoms with Crippen molar-refractivity contribution in [2.45, 2.75) is 32.4 Å².